The Balaban J connectivity index is 2.11. The molecule has 0 spiro atoms. The zero-order valence-corrected chi connectivity index (χ0v) is 11.1. The summed E-state index contributed by atoms with van der Waals surface area (Å²) in [7, 11) is -0.984. The highest BCUT2D eigenvalue weighted by atomic mass is 79.9. The van der Waals surface area contributed by atoms with Crippen molar-refractivity contribution in [3.63, 3.8) is 0 Å². The van der Waals surface area contributed by atoms with Crippen LogP contribution in [0.2, 0.25) is 0 Å². The van der Waals surface area contributed by atoms with E-state index in [1.807, 2.05) is 35.5 Å². The minimum atomic E-state index is -0.984. The van der Waals surface area contributed by atoms with Crippen molar-refractivity contribution in [2.75, 3.05) is 13.1 Å². The number of rotatable bonds is 2. The molecule has 4 heteroatoms. The van der Waals surface area contributed by atoms with Gasteiger partial charge in [-0.2, -0.15) is 0 Å². The molecule has 2 rings (SSSR count). The van der Waals surface area contributed by atoms with Crippen LogP contribution in [-0.4, -0.2) is 26.4 Å². The fraction of sp³-hybridized carbons (Fsp3) is 0.455. The molecule has 0 bridgehead atoms. The highest BCUT2D eigenvalue weighted by molar-refractivity contribution is 9.09. The number of benzene rings is 1. The predicted octanol–water partition coefficient (Wildman–Crippen LogP) is 2.49. The van der Waals surface area contributed by atoms with Crippen molar-refractivity contribution < 1.29 is 4.21 Å². The van der Waals surface area contributed by atoms with Gasteiger partial charge in [0, 0.05) is 17.9 Å². The summed E-state index contributed by atoms with van der Waals surface area (Å²) in [6, 6.07) is 7.92. The Kier molecular flexibility index (Phi) is 3.59. The van der Waals surface area contributed by atoms with E-state index in [4.69, 9.17) is 0 Å². The number of halogens is 1. The second kappa shape index (κ2) is 4.76. The summed E-state index contributed by atoms with van der Waals surface area (Å²) in [6.07, 6.45) is 1.08. The van der Waals surface area contributed by atoms with Gasteiger partial charge in [0.2, 0.25) is 0 Å². The minimum absolute atomic E-state index is 0.492. The number of nitrogens with zero attached hydrogens (tertiary/aromatic N) is 1. The normalized spacial score (nSPS) is 24.3. The van der Waals surface area contributed by atoms with E-state index in [1.54, 1.807) is 0 Å². The van der Waals surface area contributed by atoms with Crippen LogP contribution in [0.25, 0.3) is 0 Å². The van der Waals surface area contributed by atoms with Gasteiger partial charge in [-0.1, -0.05) is 33.6 Å². The summed E-state index contributed by atoms with van der Waals surface area (Å²) in [6.45, 7) is 3.83. The maximum Gasteiger partial charge on any atom is 0.127 e. The number of alkyl halides is 1. The second-order valence-corrected chi connectivity index (χ2v) is 6.62. The Hall–Kier alpha value is -0.190. The molecule has 1 aromatic rings. The molecule has 1 saturated heterocycles. The summed E-state index contributed by atoms with van der Waals surface area (Å²) < 4.78 is 14.1. The third-order valence-electron chi connectivity index (χ3n) is 2.55. The first-order valence-corrected chi connectivity index (χ1v) is 7.06. The molecule has 0 aliphatic carbocycles. The van der Waals surface area contributed by atoms with Gasteiger partial charge in [-0.3, -0.25) is 0 Å². The highest BCUT2D eigenvalue weighted by Crippen LogP contribution is 2.21. The van der Waals surface area contributed by atoms with E-state index in [0.29, 0.717) is 4.83 Å². The van der Waals surface area contributed by atoms with Crippen LogP contribution in [0.1, 0.15) is 12.0 Å². The molecule has 0 aromatic heterocycles. The average Bonchev–Trinajstić information content (AvgIpc) is 2.65. The first kappa shape index (κ1) is 11.3. The lowest BCUT2D eigenvalue weighted by Gasteiger charge is -2.13. The molecule has 0 saturated carbocycles. The monoisotopic (exact) mass is 287 g/mol. The molecule has 0 amide bonds. The van der Waals surface area contributed by atoms with Crippen molar-refractivity contribution in [1.82, 2.24) is 4.31 Å². The highest BCUT2D eigenvalue weighted by Gasteiger charge is 2.25. The second-order valence-electron chi connectivity index (χ2n) is 3.84. The minimum Gasteiger partial charge on any atom is -0.237 e. The van der Waals surface area contributed by atoms with Crippen LogP contribution in [-0.2, 0) is 11.0 Å². The van der Waals surface area contributed by atoms with Crippen LogP contribution in [0.4, 0.5) is 0 Å². The Bertz CT molecular complexity index is 365. The van der Waals surface area contributed by atoms with E-state index in [9.17, 15) is 4.21 Å². The molecule has 82 valence electrons. The van der Waals surface area contributed by atoms with E-state index in [2.05, 4.69) is 15.9 Å². The lowest BCUT2D eigenvalue weighted by molar-refractivity contribution is 0.537. The van der Waals surface area contributed by atoms with Crippen LogP contribution >= 0.6 is 15.9 Å². The largest absolute Gasteiger partial charge is 0.237 e. The molecular formula is C11H14BrNOS. The first-order chi connectivity index (χ1) is 7.16. The summed E-state index contributed by atoms with van der Waals surface area (Å²) >= 11 is 3.56. The van der Waals surface area contributed by atoms with Crippen molar-refractivity contribution in [2.45, 2.75) is 23.1 Å². The van der Waals surface area contributed by atoms with Gasteiger partial charge in [-0.05, 0) is 25.5 Å². The molecule has 1 aromatic carbocycles. The lowest BCUT2D eigenvalue weighted by Crippen LogP contribution is -2.23. The number of hydrogen-bond acceptors (Lipinski definition) is 1. The van der Waals surface area contributed by atoms with Crippen molar-refractivity contribution >= 4 is 26.9 Å². The standard InChI is InChI=1S/C11H14BrNOS/c1-9-2-4-11(5-3-9)15(14)13-7-6-10(12)8-13/h2-5,10H,6-8H2,1H3. The fourth-order valence-corrected chi connectivity index (χ4v) is 3.64. The molecule has 2 atom stereocenters. The van der Waals surface area contributed by atoms with E-state index < -0.39 is 11.0 Å². The van der Waals surface area contributed by atoms with Gasteiger partial charge in [-0.15, -0.1) is 0 Å². The van der Waals surface area contributed by atoms with Gasteiger partial charge in [-0.25, -0.2) is 8.51 Å². The molecule has 0 radical (unpaired) electrons. The van der Waals surface area contributed by atoms with Crippen LogP contribution < -0.4 is 0 Å². The predicted molar refractivity (Wildman–Crippen MR) is 66.5 cm³/mol. The maximum absolute atomic E-state index is 12.1. The quantitative estimate of drug-likeness (QED) is 0.766. The third kappa shape index (κ3) is 2.68. The van der Waals surface area contributed by atoms with E-state index >= 15 is 0 Å². The Morgan fingerprint density at radius 2 is 2.07 bits per heavy atom. The summed E-state index contributed by atoms with van der Waals surface area (Å²) in [5, 5.41) is 0. The zero-order valence-electron chi connectivity index (χ0n) is 8.65. The fourth-order valence-electron chi connectivity index (χ4n) is 1.64. The molecule has 1 aliphatic heterocycles. The van der Waals surface area contributed by atoms with Crippen LogP contribution in [0.3, 0.4) is 0 Å². The van der Waals surface area contributed by atoms with Gasteiger partial charge in [0.1, 0.15) is 11.0 Å². The molecule has 1 heterocycles. The maximum atomic E-state index is 12.1. The van der Waals surface area contributed by atoms with Crippen LogP contribution in [0, 0.1) is 6.92 Å². The van der Waals surface area contributed by atoms with Gasteiger partial charge in [0.15, 0.2) is 0 Å². The molecular weight excluding hydrogens is 274 g/mol. The smallest absolute Gasteiger partial charge is 0.127 e. The van der Waals surface area contributed by atoms with E-state index in [-0.39, 0.29) is 0 Å². The number of aryl methyl sites for hydroxylation is 1. The Morgan fingerprint density at radius 3 is 2.60 bits per heavy atom. The topological polar surface area (TPSA) is 20.3 Å². The van der Waals surface area contributed by atoms with E-state index in [0.717, 1.165) is 24.4 Å². The molecule has 1 fully saturated rings. The lowest BCUT2D eigenvalue weighted by atomic mass is 10.2. The Labute approximate surface area is 101 Å². The van der Waals surface area contributed by atoms with Crippen molar-refractivity contribution in [2.24, 2.45) is 0 Å². The van der Waals surface area contributed by atoms with Crippen LogP contribution in [0.15, 0.2) is 29.2 Å². The SMILES string of the molecule is Cc1ccc(S(=O)N2CCC(Br)C2)cc1. The van der Waals surface area contributed by atoms with Crippen LogP contribution in [0.5, 0.6) is 0 Å². The van der Waals surface area contributed by atoms with Crippen molar-refractivity contribution in [1.29, 1.82) is 0 Å². The summed E-state index contributed by atoms with van der Waals surface area (Å²) in [5.41, 5.74) is 1.20. The summed E-state index contributed by atoms with van der Waals surface area (Å²) in [5.74, 6) is 0. The molecule has 15 heavy (non-hydrogen) atoms. The Morgan fingerprint density at radius 1 is 1.40 bits per heavy atom. The summed E-state index contributed by atoms with van der Waals surface area (Å²) in [4.78, 5) is 1.40. The molecule has 2 unspecified atom stereocenters. The first-order valence-electron chi connectivity index (χ1n) is 5.04. The van der Waals surface area contributed by atoms with Crippen molar-refractivity contribution in [3.05, 3.63) is 29.8 Å². The molecule has 1 aliphatic rings. The molecule has 2 nitrogen and oxygen atoms in total. The van der Waals surface area contributed by atoms with Gasteiger partial charge in [0.25, 0.3) is 0 Å². The third-order valence-corrected chi connectivity index (χ3v) is 4.77. The van der Waals surface area contributed by atoms with E-state index in [1.165, 1.54) is 5.56 Å². The molecule has 0 N–H and O–H groups in total. The average molecular weight is 288 g/mol. The van der Waals surface area contributed by atoms with Crippen molar-refractivity contribution in [3.8, 4) is 0 Å². The van der Waals surface area contributed by atoms with Gasteiger partial charge < -0.3 is 0 Å². The van der Waals surface area contributed by atoms with Gasteiger partial charge in [0.05, 0.1) is 4.90 Å². The zero-order chi connectivity index (χ0) is 10.8. The number of hydrogen-bond donors (Lipinski definition) is 0. The van der Waals surface area contributed by atoms with Gasteiger partial charge >= 0.3 is 0 Å².